The lowest BCUT2D eigenvalue weighted by Gasteiger charge is -2.33. The molecule has 1 heterocycles. The molecule has 0 spiro atoms. The fourth-order valence-corrected chi connectivity index (χ4v) is 1.66. The van der Waals surface area contributed by atoms with Gasteiger partial charge in [0.2, 0.25) is 0 Å². The van der Waals surface area contributed by atoms with Crippen molar-refractivity contribution in [2.45, 2.75) is 46.1 Å². The molecule has 0 aromatic rings. The first-order chi connectivity index (χ1) is 6.00. The third kappa shape index (κ3) is 3.65. The van der Waals surface area contributed by atoms with Crippen LogP contribution in [-0.4, -0.2) is 35.7 Å². The minimum absolute atomic E-state index is 0.0252. The van der Waals surface area contributed by atoms with E-state index in [1.165, 1.54) is 32.4 Å². The van der Waals surface area contributed by atoms with E-state index in [2.05, 4.69) is 25.7 Å². The van der Waals surface area contributed by atoms with E-state index in [1.807, 2.05) is 0 Å². The van der Waals surface area contributed by atoms with Gasteiger partial charge >= 0.3 is 0 Å². The number of aliphatic hydroxyl groups excluding tert-OH is 1. The molecule has 0 radical (unpaired) electrons. The van der Waals surface area contributed by atoms with Gasteiger partial charge in [0.05, 0.1) is 6.10 Å². The molecule has 1 fully saturated rings. The smallest absolute Gasteiger partial charge is 0.0715 e. The topological polar surface area (TPSA) is 23.5 Å². The van der Waals surface area contributed by atoms with Gasteiger partial charge in [-0.2, -0.15) is 0 Å². The first-order valence-electron chi connectivity index (χ1n) is 5.40. The van der Waals surface area contributed by atoms with E-state index in [9.17, 15) is 5.11 Å². The molecule has 1 N–H and O–H groups in total. The van der Waals surface area contributed by atoms with Gasteiger partial charge in [-0.3, -0.25) is 0 Å². The van der Waals surface area contributed by atoms with Gasteiger partial charge in [-0.1, -0.05) is 27.2 Å². The zero-order valence-electron chi connectivity index (χ0n) is 9.21. The number of nitrogens with zero attached hydrogens (tertiary/aromatic N) is 1. The fraction of sp³-hybridized carbons (Fsp3) is 1.00. The summed E-state index contributed by atoms with van der Waals surface area (Å²) in [7, 11) is 0. The fourth-order valence-electron chi connectivity index (χ4n) is 1.66. The summed E-state index contributed by atoms with van der Waals surface area (Å²) in [4.78, 5) is 2.39. The molecule has 1 saturated heterocycles. The number of hydrogen-bond donors (Lipinski definition) is 1. The van der Waals surface area contributed by atoms with Crippen LogP contribution in [0.15, 0.2) is 0 Å². The van der Waals surface area contributed by atoms with Crippen LogP contribution in [0.4, 0.5) is 0 Å². The van der Waals surface area contributed by atoms with Gasteiger partial charge in [-0.05, 0) is 31.3 Å². The molecule has 1 atom stereocenters. The van der Waals surface area contributed by atoms with Gasteiger partial charge in [-0.15, -0.1) is 0 Å². The van der Waals surface area contributed by atoms with Crippen LogP contribution >= 0.6 is 0 Å². The van der Waals surface area contributed by atoms with Crippen LogP contribution in [0.3, 0.4) is 0 Å². The summed E-state index contributed by atoms with van der Waals surface area (Å²) in [5, 5.41) is 9.90. The molecule has 0 aliphatic carbocycles. The van der Waals surface area contributed by atoms with Crippen molar-refractivity contribution in [1.82, 2.24) is 4.90 Å². The van der Waals surface area contributed by atoms with Crippen LogP contribution < -0.4 is 0 Å². The summed E-state index contributed by atoms with van der Waals surface area (Å²) in [6.45, 7) is 9.49. The van der Waals surface area contributed by atoms with Gasteiger partial charge in [-0.25, -0.2) is 0 Å². The van der Waals surface area contributed by atoms with Crippen molar-refractivity contribution in [3.63, 3.8) is 0 Å². The van der Waals surface area contributed by atoms with E-state index in [1.54, 1.807) is 0 Å². The van der Waals surface area contributed by atoms with Crippen molar-refractivity contribution in [1.29, 1.82) is 0 Å². The second kappa shape index (κ2) is 4.43. The predicted octanol–water partition coefficient (Wildman–Crippen LogP) is 1.88. The van der Waals surface area contributed by atoms with Gasteiger partial charge in [0.15, 0.2) is 0 Å². The van der Waals surface area contributed by atoms with Gasteiger partial charge in [0, 0.05) is 6.54 Å². The van der Waals surface area contributed by atoms with Crippen LogP contribution in [0.5, 0.6) is 0 Å². The average Bonchev–Trinajstić information content (AvgIpc) is 2.04. The lowest BCUT2D eigenvalue weighted by molar-refractivity contribution is 0.0235. The Bertz CT molecular complexity index is 145. The number of aliphatic hydroxyl groups is 1. The van der Waals surface area contributed by atoms with E-state index in [0.717, 1.165) is 6.54 Å². The van der Waals surface area contributed by atoms with Crippen LogP contribution in [0.1, 0.15) is 40.0 Å². The lowest BCUT2D eigenvalue weighted by atomic mass is 9.88. The van der Waals surface area contributed by atoms with Gasteiger partial charge in [0.1, 0.15) is 0 Å². The first-order valence-corrected chi connectivity index (χ1v) is 5.40. The molecule has 0 saturated carbocycles. The zero-order chi connectivity index (χ0) is 9.90. The van der Waals surface area contributed by atoms with Crippen LogP contribution in [0.2, 0.25) is 0 Å². The highest BCUT2D eigenvalue weighted by molar-refractivity contribution is 4.77. The Hall–Kier alpha value is -0.0800. The predicted molar refractivity (Wildman–Crippen MR) is 55.8 cm³/mol. The molecule has 0 aromatic carbocycles. The quantitative estimate of drug-likeness (QED) is 0.710. The minimum atomic E-state index is -0.189. The monoisotopic (exact) mass is 185 g/mol. The van der Waals surface area contributed by atoms with E-state index in [0.29, 0.717) is 0 Å². The third-order valence-corrected chi connectivity index (χ3v) is 2.88. The van der Waals surface area contributed by atoms with E-state index < -0.39 is 0 Å². The highest BCUT2D eigenvalue weighted by Gasteiger charge is 2.24. The summed E-state index contributed by atoms with van der Waals surface area (Å²) < 4.78 is 0. The van der Waals surface area contributed by atoms with Crippen LogP contribution in [-0.2, 0) is 0 Å². The van der Waals surface area contributed by atoms with Crippen molar-refractivity contribution >= 4 is 0 Å². The SMILES string of the molecule is CC(C)(C)[C@@H](O)CN1CCCCC1. The molecule has 2 heteroatoms. The highest BCUT2D eigenvalue weighted by atomic mass is 16.3. The van der Waals surface area contributed by atoms with Gasteiger partial charge in [0.25, 0.3) is 0 Å². The second-order valence-corrected chi connectivity index (χ2v) is 5.24. The molecule has 1 aliphatic rings. The Morgan fingerprint density at radius 1 is 1.15 bits per heavy atom. The summed E-state index contributed by atoms with van der Waals surface area (Å²) in [5.74, 6) is 0. The molecule has 2 nitrogen and oxygen atoms in total. The molecule has 13 heavy (non-hydrogen) atoms. The maximum absolute atomic E-state index is 9.90. The number of hydrogen-bond acceptors (Lipinski definition) is 2. The summed E-state index contributed by atoms with van der Waals surface area (Å²) >= 11 is 0. The van der Waals surface area contributed by atoms with Crippen molar-refractivity contribution in [2.75, 3.05) is 19.6 Å². The Morgan fingerprint density at radius 3 is 2.15 bits per heavy atom. The van der Waals surface area contributed by atoms with Crippen molar-refractivity contribution in [3.05, 3.63) is 0 Å². The molecular weight excluding hydrogens is 162 g/mol. The molecule has 0 amide bonds. The van der Waals surface area contributed by atoms with Crippen molar-refractivity contribution in [2.24, 2.45) is 5.41 Å². The lowest BCUT2D eigenvalue weighted by Crippen LogP contribution is -2.41. The molecule has 0 bridgehead atoms. The zero-order valence-corrected chi connectivity index (χ0v) is 9.21. The Kier molecular flexibility index (Phi) is 3.74. The van der Waals surface area contributed by atoms with E-state index >= 15 is 0 Å². The number of piperidine rings is 1. The minimum Gasteiger partial charge on any atom is -0.391 e. The number of likely N-dealkylation sites (tertiary alicyclic amines) is 1. The molecule has 1 aliphatic heterocycles. The third-order valence-electron chi connectivity index (χ3n) is 2.88. The number of β-amino-alcohol motifs (C(OH)–C–C–N with tert-alkyl or cyclic N) is 1. The first kappa shape index (κ1) is 11.0. The summed E-state index contributed by atoms with van der Waals surface area (Å²) in [6.07, 6.45) is 3.78. The molecular formula is C11H23NO. The van der Waals surface area contributed by atoms with Crippen molar-refractivity contribution < 1.29 is 5.11 Å². The highest BCUT2D eigenvalue weighted by Crippen LogP contribution is 2.21. The van der Waals surface area contributed by atoms with Gasteiger partial charge < -0.3 is 10.0 Å². The maximum atomic E-state index is 9.90. The maximum Gasteiger partial charge on any atom is 0.0715 e. The van der Waals surface area contributed by atoms with E-state index in [-0.39, 0.29) is 11.5 Å². The largest absolute Gasteiger partial charge is 0.391 e. The standard InChI is InChI=1S/C11H23NO/c1-11(2,3)10(13)9-12-7-5-4-6-8-12/h10,13H,4-9H2,1-3H3/t10-/m0/s1. The summed E-state index contributed by atoms with van der Waals surface area (Å²) in [5.41, 5.74) is 0.0252. The molecule has 0 unspecified atom stereocenters. The Morgan fingerprint density at radius 2 is 1.69 bits per heavy atom. The molecule has 1 rings (SSSR count). The summed E-state index contributed by atoms with van der Waals surface area (Å²) in [6, 6.07) is 0. The molecule has 0 aromatic heterocycles. The second-order valence-electron chi connectivity index (χ2n) is 5.24. The normalized spacial score (nSPS) is 23.1. The Labute approximate surface area is 81.9 Å². The molecule has 78 valence electrons. The Balaban J connectivity index is 2.30. The average molecular weight is 185 g/mol. The van der Waals surface area contributed by atoms with Crippen LogP contribution in [0.25, 0.3) is 0 Å². The van der Waals surface area contributed by atoms with E-state index in [4.69, 9.17) is 0 Å². The van der Waals surface area contributed by atoms with Crippen molar-refractivity contribution in [3.8, 4) is 0 Å². The van der Waals surface area contributed by atoms with Crippen LogP contribution in [0, 0.1) is 5.41 Å². The number of rotatable bonds is 2.